The minimum atomic E-state index is -0.956. The Morgan fingerprint density at radius 3 is 2.59 bits per heavy atom. The number of rotatable bonds is 6. The normalized spacial score (nSPS) is 13.4. The molecular formula is C24H20F3N2O3+. The first-order chi connectivity index (χ1) is 15.5. The van der Waals surface area contributed by atoms with E-state index < -0.39 is 23.4 Å². The average Bonchev–Trinajstić information content (AvgIpc) is 3.28. The summed E-state index contributed by atoms with van der Waals surface area (Å²) >= 11 is 0. The Balaban J connectivity index is 1.69. The summed E-state index contributed by atoms with van der Waals surface area (Å²) in [5, 5.41) is 0. The molecule has 0 spiro atoms. The fourth-order valence-corrected chi connectivity index (χ4v) is 3.86. The number of nitrogens with one attached hydrogen (secondary N) is 1. The van der Waals surface area contributed by atoms with Gasteiger partial charge in [-0.3, -0.25) is 0 Å². The molecule has 0 saturated carbocycles. The molecule has 8 heteroatoms. The molecule has 0 fully saturated rings. The summed E-state index contributed by atoms with van der Waals surface area (Å²) in [6.07, 6.45) is 4.00. The average molecular weight is 441 g/mol. The lowest BCUT2D eigenvalue weighted by Crippen LogP contribution is -2.13. The molecule has 0 saturated heterocycles. The van der Waals surface area contributed by atoms with Crippen LogP contribution >= 0.6 is 0 Å². The first-order valence-corrected chi connectivity index (χ1v) is 9.98. The third-order valence-corrected chi connectivity index (χ3v) is 5.39. The van der Waals surface area contributed by atoms with Gasteiger partial charge < -0.3 is 9.57 Å². The molecule has 32 heavy (non-hydrogen) atoms. The van der Waals surface area contributed by atoms with E-state index in [0.29, 0.717) is 11.4 Å². The van der Waals surface area contributed by atoms with Crippen LogP contribution in [0.1, 0.15) is 46.3 Å². The highest BCUT2D eigenvalue weighted by Gasteiger charge is 2.25. The fourth-order valence-electron chi connectivity index (χ4n) is 3.86. The molecule has 5 nitrogen and oxygen atoms in total. The van der Waals surface area contributed by atoms with E-state index in [-0.39, 0.29) is 17.7 Å². The zero-order valence-electron chi connectivity index (χ0n) is 17.0. The molecule has 1 aliphatic rings. The molecule has 0 aliphatic heterocycles. The second kappa shape index (κ2) is 9.23. The van der Waals surface area contributed by atoms with Gasteiger partial charge in [0.05, 0.1) is 11.1 Å². The Morgan fingerprint density at radius 2 is 1.81 bits per heavy atom. The Bertz CT molecular complexity index is 1210. The maximum Gasteiger partial charge on any atom is 0.374 e. The fraction of sp³-hybridized carbons (Fsp3) is 0.167. The van der Waals surface area contributed by atoms with E-state index in [0.717, 1.165) is 42.0 Å². The lowest BCUT2D eigenvalue weighted by Gasteiger charge is -2.11. The van der Waals surface area contributed by atoms with Crippen LogP contribution in [0.15, 0.2) is 54.7 Å². The third-order valence-electron chi connectivity index (χ3n) is 5.39. The smallest absolute Gasteiger partial charge is 0.374 e. The van der Waals surface area contributed by atoms with Crippen molar-refractivity contribution in [3.05, 3.63) is 94.4 Å². The van der Waals surface area contributed by atoms with Gasteiger partial charge in [-0.25, -0.2) is 18.0 Å². The van der Waals surface area contributed by atoms with Crippen molar-refractivity contribution in [3.8, 4) is 5.88 Å². The SMILES string of the molecule is NOC(=O)c1cc(C2=C(c3ccc[nH+]c3OCc3ccc(F)cc3F)CCC2)ccc1F. The molecule has 0 radical (unpaired) electrons. The molecule has 1 heterocycles. The predicted molar refractivity (Wildman–Crippen MR) is 110 cm³/mol. The predicted octanol–water partition coefficient (Wildman–Crippen LogP) is 4.62. The summed E-state index contributed by atoms with van der Waals surface area (Å²) in [7, 11) is 0. The van der Waals surface area contributed by atoms with Crippen LogP contribution in [0.25, 0.3) is 11.1 Å². The largest absolute Gasteiger partial charge is 0.439 e. The van der Waals surface area contributed by atoms with Gasteiger partial charge in [0.2, 0.25) is 0 Å². The van der Waals surface area contributed by atoms with E-state index in [4.69, 9.17) is 10.6 Å². The first kappa shape index (κ1) is 21.6. The van der Waals surface area contributed by atoms with Crippen molar-refractivity contribution in [1.29, 1.82) is 0 Å². The minimum Gasteiger partial charge on any atom is -0.439 e. The summed E-state index contributed by atoms with van der Waals surface area (Å²) in [6.45, 7) is -0.0920. The van der Waals surface area contributed by atoms with Gasteiger partial charge in [-0.1, -0.05) is 6.07 Å². The Kier molecular flexibility index (Phi) is 6.23. The topological polar surface area (TPSA) is 75.7 Å². The number of ether oxygens (including phenoxy) is 1. The highest BCUT2D eigenvalue weighted by atomic mass is 19.1. The quantitative estimate of drug-likeness (QED) is 0.567. The van der Waals surface area contributed by atoms with Gasteiger partial charge in [0.15, 0.2) is 6.20 Å². The third kappa shape index (κ3) is 4.36. The molecule has 0 unspecified atom stereocenters. The number of carbonyl (C=O) groups is 1. The first-order valence-electron chi connectivity index (χ1n) is 9.98. The second-order valence-corrected chi connectivity index (χ2v) is 7.35. The van der Waals surface area contributed by atoms with Crippen LogP contribution in [0.4, 0.5) is 13.2 Å². The van der Waals surface area contributed by atoms with Gasteiger partial charge in [-0.2, -0.15) is 10.9 Å². The van der Waals surface area contributed by atoms with Crippen molar-refractivity contribution < 1.29 is 32.5 Å². The van der Waals surface area contributed by atoms with E-state index in [1.807, 2.05) is 12.1 Å². The molecule has 2 aromatic carbocycles. The number of pyridine rings is 1. The highest BCUT2D eigenvalue weighted by Crippen LogP contribution is 2.42. The van der Waals surface area contributed by atoms with Gasteiger partial charge in [0, 0.05) is 17.7 Å². The van der Waals surface area contributed by atoms with Crippen molar-refractivity contribution in [1.82, 2.24) is 0 Å². The number of H-pyrrole nitrogens is 1. The number of aromatic nitrogens is 1. The van der Waals surface area contributed by atoms with Gasteiger partial charge >= 0.3 is 11.8 Å². The van der Waals surface area contributed by atoms with Crippen LogP contribution in [0.2, 0.25) is 0 Å². The van der Waals surface area contributed by atoms with Crippen LogP contribution in [0.3, 0.4) is 0 Å². The van der Waals surface area contributed by atoms with E-state index in [2.05, 4.69) is 9.82 Å². The number of nitrogens with two attached hydrogens (primary N) is 1. The molecule has 0 atom stereocenters. The van der Waals surface area contributed by atoms with Crippen LogP contribution in [-0.4, -0.2) is 5.97 Å². The number of hydrogen-bond acceptors (Lipinski definition) is 4. The van der Waals surface area contributed by atoms with Gasteiger partial charge in [-0.15, -0.1) is 0 Å². The highest BCUT2D eigenvalue weighted by molar-refractivity contribution is 5.96. The van der Waals surface area contributed by atoms with E-state index in [1.54, 1.807) is 12.3 Å². The second-order valence-electron chi connectivity index (χ2n) is 7.35. The number of benzene rings is 2. The molecular weight excluding hydrogens is 421 g/mol. The number of allylic oxidation sites excluding steroid dienone is 2. The Hall–Kier alpha value is -3.65. The summed E-state index contributed by atoms with van der Waals surface area (Å²) < 4.78 is 47.0. The van der Waals surface area contributed by atoms with Crippen molar-refractivity contribution in [3.63, 3.8) is 0 Å². The summed E-state index contributed by atoms with van der Waals surface area (Å²) in [6, 6.07) is 11.2. The molecule has 1 aliphatic carbocycles. The van der Waals surface area contributed by atoms with E-state index >= 15 is 0 Å². The monoisotopic (exact) mass is 441 g/mol. The van der Waals surface area contributed by atoms with Crippen LogP contribution < -0.4 is 15.6 Å². The van der Waals surface area contributed by atoms with E-state index in [9.17, 15) is 18.0 Å². The molecule has 3 aromatic rings. The summed E-state index contributed by atoms with van der Waals surface area (Å²) in [5.41, 5.74) is 3.34. The van der Waals surface area contributed by atoms with Crippen LogP contribution in [0.5, 0.6) is 5.88 Å². The molecule has 4 rings (SSSR count). The van der Waals surface area contributed by atoms with Crippen molar-refractivity contribution in [2.45, 2.75) is 25.9 Å². The maximum atomic E-state index is 14.0. The molecule has 1 aromatic heterocycles. The standard InChI is InChI=1S/C24H19F3N2O3/c25-16-8-6-15(22(27)12-16)13-31-23-19(5-2-10-29-23)18-4-1-3-17(18)14-7-9-21(26)20(11-14)24(30)32-28/h2,5-12H,1,3-4,13,28H2/p+1. The number of hydrogen-bond donors (Lipinski definition) is 1. The number of halogens is 3. The maximum absolute atomic E-state index is 14.0. The minimum absolute atomic E-state index is 0.0920. The van der Waals surface area contributed by atoms with Crippen molar-refractivity contribution >= 4 is 17.1 Å². The summed E-state index contributed by atoms with van der Waals surface area (Å²) in [5.74, 6) is 2.33. The lowest BCUT2D eigenvalue weighted by atomic mass is 9.96. The Labute approximate surface area is 182 Å². The molecule has 0 amide bonds. The van der Waals surface area contributed by atoms with Crippen molar-refractivity contribution in [2.75, 3.05) is 0 Å². The van der Waals surface area contributed by atoms with Crippen LogP contribution in [-0.2, 0) is 11.4 Å². The zero-order chi connectivity index (χ0) is 22.7. The molecule has 164 valence electrons. The lowest BCUT2D eigenvalue weighted by molar-refractivity contribution is -0.395. The van der Waals surface area contributed by atoms with Crippen LogP contribution in [0, 0.1) is 17.5 Å². The number of carbonyl (C=O) groups excluding carboxylic acids is 1. The van der Waals surface area contributed by atoms with Gasteiger partial charge in [0.25, 0.3) is 0 Å². The number of aromatic amines is 1. The van der Waals surface area contributed by atoms with E-state index in [1.165, 1.54) is 24.3 Å². The molecule has 3 N–H and O–H groups in total. The summed E-state index contributed by atoms with van der Waals surface area (Å²) in [4.78, 5) is 19.0. The van der Waals surface area contributed by atoms with Gasteiger partial charge in [0.1, 0.15) is 24.1 Å². The van der Waals surface area contributed by atoms with Gasteiger partial charge in [-0.05, 0) is 66.3 Å². The molecule has 0 bridgehead atoms. The Morgan fingerprint density at radius 1 is 1.00 bits per heavy atom. The van der Waals surface area contributed by atoms with Crippen molar-refractivity contribution in [2.24, 2.45) is 5.90 Å². The zero-order valence-corrected chi connectivity index (χ0v) is 17.0.